The average Bonchev–Trinajstić information content (AvgIpc) is 3.42. The van der Waals surface area contributed by atoms with E-state index in [1.54, 1.807) is 12.4 Å². The summed E-state index contributed by atoms with van der Waals surface area (Å²) < 4.78 is 7.75. The molecule has 0 bridgehead atoms. The highest BCUT2D eigenvalue weighted by Gasteiger charge is 2.17. The minimum absolute atomic E-state index is 0.269. The van der Waals surface area contributed by atoms with Gasteiger partial charge in [-0.3, -0.25) is 9.78 Å². The Morgan fingerprint density at radius 1 is 1.24 bits per heavy atom. The van der Waals surface area contributed by atoms with Crippen molar-refractivity contribution in [2.75, 3.05) is 11.9 Å². The van der Waals surface area contributed by atoms with E-state index in [0.29, 0.717) is 19.0 Å². The quantitative estimate of drug-likeness (QED) is 0.468. The van der Waals surface area contributed by atoms with Crippen molar-refractivity contribution in [3.05, 3.63) is 48.5 Å². The van der Waals surface area contributed by atoms with Crippen molar-refractivity contribution in [2.24, 2.45) is 0 Å². The molecule has 0 saturated heterocycles. The van der Waals surface area contributed by atoms with Gasteiger partial charge in [-0.25, -0.2) is 9.97 Å². The van der Waals surface area contributed by atoms with Gasteiger partial charge in [0.1, 0.15) is 11.0 Å². The van der Waals surface area contributed by atoms with Crippen LogP contribution in [0.15, 0.2) is 42.9 Å². The smallest absolute Gasteiger partial charge is 0.222 e. The Balaban J connectivity index is 1.83. The van der Waals surface area contributed by atoms with Crippen molar-refractivity contribution in [2.45, 2.75) is 39.8 Å². The molecule has 0 aliphatic carbocycles. The van der Waals surface area contributed by atoms with Crippen LogP contribution in [-0.4, -0.2) is 36.6 Å². The second-order valence-electron chi connectivity index (χ2n) is 6.86. The van der Waals surface area contributed by atoms with Crippen LogP contribution in [0.4, 0.5) is 5.69 Å². The number of ether oxygens (including phenoxy) is 1. The molecule has 0 radical (unpaired) electrons. The van der Waals surface area contributed by atoms with Crippen LogP contribution in [0, 0.1) is 0 Å². The summed E-state index contributed by atoms with van der Waals surface area (Å²) in [6, 6.07) is 8.13. The zero-order valence-corrected chi connectivity index (χ0v) is 16.9. The van der Waals surface area contributed by atoms with Gasteiger partial charge in [0.2, 0.25) is 5.88 Å². The van der Waals surface area contributed by atoms with Gasteiger partial charge in [0, 0.05) is 18.4 Å². The van der Waals surface area contributed by atoms with E-state index in [9.17, 15) is 0 Å². The average molecular weight is 391 g/mol. The summed E-state index contributed by atoms with van der Waals surface area (Å²) in [5, 5.41) is 15.1. The van der Waals surface area contributed by atoms with E-state index in [1.807, 2.05) is 42.1 Å². The lowest BCUT2D eigenvalue weighted by Crippen LogP contribution is -2.09. The molecule has 0 unspecified atom stereocenters. The fourth-order valence-electron chi connectivity index (χ4n) is 3.25. The van der Waals surface area contributed by atoms with Gasteiger partial charge in [0.05, 0.1) is 42.0 Å². The maximum atomic E-state index is 5.72. The zero-order chi connectivity index (χ0) is 20.2. The van der Waals surface area contributed by atoms with Crippen molar-refractivity contribution in [1.29, 1.82) is 0 Å². The third-order valence-corrected chi connectivity index (χ3v) is 4.92. The third kappa shape index (κ3) is 3.78. The largest absolute Gasteiger partial charge is 0.477 e. The number of nitrogens with zero attached hydrogens (tertiary/aromatic N) is 5. The minimum Gasteiger partial charge on any atom is -0.477 e. The van der Waals surface area contributed by atoms with Gasteiger partial charge in [-0.2, -0.15) is 10.2 Å². The van der Waals surface area contributed by atoms with Gasteiger partial charge in [-0.05, 0) is 44.5 Å². The van der Waals surface area contributed by atoms with Crippen LogP contribution in [0.1, 0.15) is 38.9 Å². The van der Waals surface area contributed by atoms with E-state index < -0.39 is 0 Å². The third-order valence-electron chi connectivity index (χ3n) is 4.92. The fourth-order valence-corrected chi connectivity index (χ4v) is 3.25. The molecule has 0 amide bonds. The summed E-state index contributed by atoms with van der Waals surface area (Å²) in [6.07, 6.45) is 6.28. The molecule has 29 heavy (non-hydrogen) atoms. The molecule has 150 valence electrons. The molecule has 1 atom stereocenters. The van der Waals surface area contributed by atoms with E-state index >= 15 is 0 Å². The molecule has 0 aliphatic heterocycles. The number of fused-ring (bicyclic) bond motifs is 1. The maximum Gasteiger partial charge on any atom is 0.222 e. The Labute approximate surface area is 169 Å². The molecular weight excluding hydrogens is 366 g/mol. The highest BCUT2D eigenvalue weighted by molar-refractivity contribution is 5.91. The Kier molecular flexibility index (Phi) is 5.41. The first-order valence-corrected chi connectivity index (χ1v) is 9.89. The Hall–Kier alpha value is -3.42. The second kappa shape index (κ2) is 8.30. The first kappa shape index (κ1) is 18.9. The van der Waals surface area contributed by atoms with E-state index in [1.165, 1.54) is 0 Å². The SMILES string of the molecule is CCOc1ncccc1-c1cc(NCc2ccn[nH]2)c2c(cnn2[C@@H](C)CC)n1. The van der Waals surface area contributed by atoms with Crippen molar-refractivity contribution in [3.63, 3.8) is 0 Å². The zero-order valence-electron chi connectivity index (χ0n) is 16.9. The van der Waals surface area contributed by atoms with Gasteiger partial charge in [-0.15, -0.1) is 0 Å². The number of aromatic nitrogens is 6. The van der Waals surface area contributed by atoms with Crippen LogP contribution in [0.5, 0.6) is 5.88 Å². The predicted octanol–water partition coefficient (Wildman–Crippen LogP) is 4.20. The Morgan fingerprint density at radius 2 is 2.14 bits per heavy atom. The lowest BCUT2D eigenvalue weighted by atomic mass is 10.1. The number of nitrogens with one attached hydrogen (secondary N) is 2. The molecule has 4 rings (SSSR count). The number of H-pyrrole nitrogens is 1. The molecular formula is C21H25N7O. The standard InChI is InChI=1S/C21H25N7O/c1-4-14(3)28-20-18(23-12-15-8-10-24-27-15)11-17(26-19(20)13-25-28)16-7-6-9-22-21(16)29-5-2/h6-11,13-14H,4-5,12H2,1-3H3,(H,23,26)(H,24,27)/t14-/m0/s1. The molecule has 8 nitrogen and oxygen atoms in total. The lowest BCUT2D eigenvalue weighted by molar-refractivity contribution is 0.328. The number of anilines is 1. The first-order chi connectivity index (χ1) is 14.2. The maximum absolute atomic E-state index is 5.72. The molecule has 4 aromatic heterocycles. The summed E-state index contributed by atoms with van der Waals surface area (Å²) >= 11 is 0. The van der Waals surface area contributed by atoms with Gasteiger partial charge < -0.3 is 10.1 Å². The van der Waals surface area contributed by atoms with Crippen LogP contribution in [-0.2, 0) is 6.54 Å². The summed E-state index contributed by atoms with van der Waals surface area (Å²) in [5.41, 5.74) is 5.44. The summed E-state index contributed by atoms with van der Waals surface area (Å²) in [4.78, 5) is 9.24. The monoisotopic (exact) mass is 391 g/mol. The van der Waals surface area contributed by atoms with Gasteiger partial charge in [0.15, 0.2) is 0 Å². The molecule has 2 N–H and O–H groups in total. The molecule has 4 heterocycles. The molecule has 0 fully saturated rings. The van der Waals surface area contributed by atoms with Crippen LogP contribution in [0.3, 0.4) is 0 Å². The Morgan fingerprint density at radius 3 is 2.90 bits per heavy atom. The van der Waals surface area contributed by atoms with Crippen molar-refractivity contribution < 1.29 is 4.74 Å². The van der Waals surface area contributed by atoms with E-state index in [0.717, 1.165) is 40.1 Å². The lowest BCUT2D eigenvalue weighted by Gasteiger charge is -2.16. The highest BCUT2D eigenvalue weighted by Crippen LogP contribution is 2.33. The first-order valence-electron chi connectivity index (χ1n) is 9.89. The Bertz CT molecular complexity index is 1090. The highest BCUT2D eigenvalue weighted by atomic mass is 16.5. The van der Waals surface area contributed by atoms with Crippen LogP contribution >= 0.6 is 0 Å². The number of aromatic amines is 1. The summed E-state index contributed by atoms with van der Waals surface area (Å²) in [5.74, 6) is 0.579. The molecule has 8 heteroatoms. The minimum atomic E-state index is 0.269. The van der Waals surface area contributed by atoms with Crippen molar-refractivity contribution in [3.8, 4) is 17.1 Å². The summed E-state index contributed by atoms with van der Waals surface area (Å²) in [7, 11) is 0. The molecule has 0 spiro atoms. The topological polar surface area (TPSA) is 93.5 Å². The second-order valence-corrected chi connectivity index (χ2v) is 6.86. The van der Waals surface area contributed by atoms with E-state index in [2.05, 4.69) is 39.4 Å². The van der Waals surface area contributed by atoms with Crippen LogP contribution < -0.4 is 10.1 Å². The van der Waals surface area contributed by atoms with Crippen molar-refractivity contribution in [1.82, 2.24) is 29.9 Å². The van der Waals surface area contributed by atoms with Crippen LogP contribution in [0.25, 0.3) is 22.3 Å². The normalized spacial score (nSPS) is 12.2. The predicted molar refractivity (Wildman–Crippen MR) is 113 cm³/mol. The molecule has 0 aromatic carbocycles. The number of hydrogen-bond acceptors (Lipinski definition) is 6. The number of rotatable bonds is 8. The number of pyridine rings is 2. The van der Waals surface area contributed by atoms with Gasteiger partial charge >= 0.3 is 0 Å². The van der Waals surface area contributed by atoms with Crippen LogP contribution in [0.2, 0.25) is 0 Å². The number of hydrogen-bond donors (Lipinski definition) is 2. The molecule has 4 aromatic rings. The molecule has 0 aliphatic rings. The van der Waals surface area contributed by atoms with Gasteiger partial charge in [-0.1, -0.05) is 6.92 Å². The van der Waals surface area contributed by atoms with E-state index in [-0.39, 0.29) is 6.04 Å². The fraction of sp³-hybridized carbons (Fsp3) is 0.333. The van der Waals surface area contributed by atoms with Gasteiger partial charge in [0.25, 0.3) is 0 Å². The summed E-state index contributed by atoms with van der Waals surface area (Å²) in [6.45, 7) is 7.43. The van der Waals surface area contributed by atoms with E-state index in [4.69, 9.17) is 9.72 Å². The molecule has 0 saturated carbocycles. The van der Waals surface area contributed by atoms with Crippen molar-refractivity contribution >= 4 is 16.7 Å².